The summed E-state index contributed by atoms with van der Waals surface area (Å²) >= 11 is 0. The minimum atomic E-state index is -0.135. The van der Waals surface area contributed by atoms with Gasteiger partial charge in [-0.15, -0.1) is 0 Å². The normalized spacial score (nSPS) is 14.7. The van der Waals surface area contributed by atoms with Gasteiger partial charge < -0.3 is 0 Å². The minimum Gasteiger partial charge on any atom is -0.0622 e. The van der Waals surface area contributed by atoms with Crippen molar-refractivity contribution in [1.29, 1.82) is 0 Å². The summed E-state index contributed by atoms with van der Waals surface area (Å²) in [4.78, 5) is 0. The van der Waals surface area contributed by atoms with E-state index in [1.54, 1.807) is 0 Å². The summed E-state index contributed by atoms with van der Waals surface area (Å²) in [6, 6.07) is 76.8. The van der Waals surface area contributed by atoms with Crippen molar-refractivity contribution in [3.05, 3.63) is 217 Å². The van der Waals surface area contributed by atoms with Crippen LogP contribution in [0.3, 0.4) is 0 Å². The fourth-order valence-electron chi connectivity index (χ4n) is 10.3. The zero-order valence-corrected chi connectivity index (χ0v) is 34.6. The Kier molecular flexibility index (Phi) is 8.29. The zero-order valence-electron chi connectivity index (χ0n) is 34.6. The van der Waals surface area contributed by atoms with E-state index < -0.39 is 0 Å². The van der Waals surface area contributed by atoms with E-state index in [-0.39, 0.29) is 10.8 Å². The molecule has 0 aromatic heterocycles. The van der Waals surface area contributed by atoms with Crippen LogP contribution in [0.4, 0.5) is 0 Å². The molecule has 0 fully saturated rings. The summed E-state index contributed by atoms with van der Waals surface area (Å²) in [6.45, 7) is 9.63. The molecule has 0 nitrogen and oxygen atoms in total. The lowest BCUT2D eigenvalue weighted by Gasteiger charge is -2.41. The molecule has 1 aliphatic rings. The van der Waals surface area contributed by atoms with Crippen LogP contribution < -0.4 is 0 Å². The summed E-state index contributed by atoms with van der Waals surface area (Å²) in [5.74, 6) is 0. The van der Waals surface area contributed by atoms with Crippen molar-refractivity contribution >= 4 is 32.3 Å². The molecule has 0 heteroatoms. The Morgan fingerprint density at radius 3 is 1.27 bits per heavy atom. The average molecular weight is 767 g/mol. The molecule has 0 N–H and O–H groups in total. The first-order valence-electron chi connectivity index (χ1n) is 21.3. The van der Waals surface area contributed by atoms with E-state index in [0.717, 1.165) is 0 Å². The standard InChI is InChI=1S/C60H46/c1-59(2,3)60(4)55-30-18-17-25-48(55)49-32-31-41(38-56(49)60)57-50-26-13-15-28-52(50)58(53-29-16-14-27-51(53)57)54-34-33-45(46-23-11-12-24-47(46)54)44-36-42(39-19-7-5-8-20-39)35-43(37-44)40-21-9-6-10-22-40/h5-38H,1-4H3. The van der Waals surface area contributed by atoms with Gasteiger partial charge in [-0.25, -0.2) is 0 Å². The Bertz CT molecular complexity index is 3170. The van der Waals surface area contributed by atoms with E-state index in [0.29, 0.717) is 0 Å². The molecular weight excluding hydrogens is 721 g/mol. The molecule has 60 heavy (non-hydrogen) atoms. The molecule has 0 bridgehead atoms. The highest BCUT2D eigenvalue weighted by Gasteiger charge is 2.47. The first-order valence-corrected chi connectivity index (χ1v) is 21.3. The van der Waals surface area contributed by atoms with Crippen molar-refractivity contribution in [2.75, 3.05) is 0 Å². The third-order valence-corrected chi connectivity index (χ3v) is 13.7. The molecule has 0 spiro atoms. The van der Waals surface area contributed by atoms with Crippen molar-refractivity contribution in [1.82, 2.24) is 0 Å². The van der Waals surface area contributed by atoms with Gasteiger partial charge in [-0.2, -0.15) is 0 Å². The molecule has 10 aromatic rings. The molecule has 0 amide bonds. The maximum absolute atomic E-state index is 2.52. The summed E-state index contributed by atoms with van der Waals surface area (Å²) < 4.78 is 0. The average Bonchev–Trinajstić information content (AvgIpc) is 3.56. The molecule has 0 saturated carbocycles. The molecule has 11 rings (SSSR count). The topological polar surface area (TPSA) is 0 Å². The molecular formula is C60H46. The predicted octanol–water partition coefficient (Wildman–Crippen LogP) is 16.8. The maximum atomic E-state index is 2.52. The van der Waals surface area contributed by atoms with Crippen LogP contribution in [0.25, 0.3) is 99.1 Å². The molecule has 286 valence electrons. The smallest absolute Gasteiger partial charge is 0.0235 e. The van der Waals surface area contributed by atoms with Crippen molar-refractivity contribution in [2.45, 2.75) is 33.1 Å². The Labute approximate surface area is 353 Å². The van der Waals surface area contributed by atoms with Crippen LogP contribution >= 0.6 is 0 Å². The van der Waals surface area contributed by atoms with E-state index in [4.69, 9.17) is 0 Å². The van der Waals surface area contributed by atoms with Gasteiger partial charge >= 0.3 is 0 Å². The molecule has 10 aromatic carbocycles. The second kappa shape index (κ2) is 13.8. The van der Waals surface area contributed by atoms with Gasteiger partial charge in [0, 0.05) is 5.41 Å². The second-order valence-electron chi connectivity index (χ2n) is 17.8. The lowest BCUT2D eigenvalue weighted by Crippen LogP contribution is -2.36. The first kappa shape index (κ1) is 36.1. The van der Waals surface area contributed by atoms with E-state index in [9.17, 15) is 0 Å². The zero-order chi connectivity index (χ0) is 40.6. The van der Waals surface area contributed by atoms with Crippen LogP contribution in [-0.4, -0.2) is 0 Å². The van der Waals surface area contributed by atoms with Gasteiger partial charge in [0.25, 0.3) is 0 Å². The van der Waals surface area contributed by atoms with E-state index in [1.165, 1.54) is 110 Å². The highest BCUT2D eigenvalue weighted by atomic mass is 14.5. The van der Waals surface area contributed by atoms with Gasteiger partial charge in [0.05, 0.1) is 0 Å². The highest BCUT2D eigenvalue weighted by molar-refractivity contribution is 6.24. The van der Waals surface area contributed by atoms with E-state index in [1.807, 2.05) is 0 Å². The monoisotopic (exact) mass is 766 g/mol. The van der Waals surface area contributed by atoms with Crippen molar-refractivity contribution in [3.63, 3.8) is 0 Å². The third-order valence-electron chi connectivity index (χ3n) is 13.7. The summed E-state index contributed by atoms with van der Waals surface area (Å²) in [5, 5.41) is 7.58. The van der Waals surface area contributed by atoms with Crippen LogP contribution in [0.1, 0.15) is 38.8 Å². The van der Waals surface area contributed by atoms with Crippen molar-refractivity contribution in [3.8, 4) is 66.8 Å². The SMILES string of the molecule is CC(C)(C)C1(C)c2ccccc2-c2ccc(-c3c4ccccc4c(-c4ccc(-c5cc(-c6ccccc6)cc(-c6ccccc6)c5)c5ccccc45)c4ccccc34)cc21. The summed E-state index contributed by atoms with van der Waals surface area (Å²) in [5.41, 5.74) is 17.8. The molecule has 0 saturated heterocycles. The summed E-state index contributed by atoms with van der Waals surface area (Å²) in [6.07, 6.45) is 0. The molecule has 0 radical (unpaired) electrons. The number of hydrogen-bond acceptors (Lipinski definition) is 0. The molecule has 0 aliphatic heterocycles. The van der Waals surface area contributed by atoms with Gasteiger partial charge in [0.2, 0.25) is 0 Å². The largest absolute Gasteiger partial charge is 0.0622 e. The number of rotatable bonds is 5. The van der Waals surface area contributed by atoms with E-state index in [2.05, 4.69) is 234 Å². The van der Waals surface area contributed by atoms with Crippen LogP contribution in [0.2, 0.25) is 0 Å². The quantitative estimate of drug-likeness (QED) is 0.153. The predicted molar refractivity (Wildman–Crippen MR) is 257 cm³/mol. The van der Waals surface area contributed by atoms with Gasteiger partial charge in [-0.1, -0.05) is 210 Å². The highest BCUT2D eigenvalue weighted by Crippen LogP contribution is 2.58. The van der Waals surface area contributed by atoms with Crippen molar-refractivity contribution < 1.29 is 0 Å². The lowest BCUT2D eigenvalue weighted by molar-refractivity contribution is 0.255. The number of hydrogen-bond donors (Lipinski definition) is 0. The van der Waals surface area contributed by atoms with Gasteiger partial charge in [0.1, 0.15) is 0 Å². The molecule has 1 unspecified atom stereocenters. The van der Waals surface area contributed by atoms with Crippen LogP contribution in [0, 0.1) is 5.41 Å². The maximum Gasteiger partial charge on any atom is 0.0235 e. The lowest BCUT2D eigenvalue weighted by atomic mass is 9.62. The van der Waals surface area contributed by atoms with Crippen LogP contribution in [0.5, 0.6) is 0 Å². The van der Waals surface area contributed by atoms with Gasteiger partial charge in [-0.3, -0.25) is 0 Å². The van der Waals surface area contributed by atoms with E-state index >= 15 is 0 Å². The summed E-state index contributed by atoms with van der Waals surface area (Å²) in [7, 11) is 0. The molecule has 0 heterocycles. The minimum absolute atomic E-state index is 0.0141. The van der Waals surface area contributed by atoms with Crippen LogP contribution in [0.15, 0.2) is 206 Å². The second-order valence-corrected chi connectivity index (χ2v) is 17.8. The van der Waals surface area contributed by atoms with Gasteiger partial charge in [-0.05, 0) is 140 Å². The Balaban J connectivity index is 1.14. The third kappa shape index (κ3) is 5.51. The Morgan fingerprint density at radius 2 is 0.700 bits per heavy atom. The van der Waals surface area contributed by atoms with Crippen LogP contribution in [-0.2, 0) is 5.41 Å². The fraction of sp³-hybridized carbons (Fsp3) is 0.100. The van der Waals surface area contributed by atoms with Crippen molar-refractivity contribution in [2.24, 2.45) is 5.41 Å². The molecule has 1 atom stereocenters. The Hall–Kier alpha value is -7.02. The Morgan fingerprint density at radius 1 is 0.283 bits per heavy atom. The van der Waals surface area contributed by atoms with Gasteiger partial charge in [0.15, 0.2) is 0 Å². The first-order chi connectivity index (χ1) is 29.3. The number of fused-ring (bicyclic) bond motifs is 6. The molecule has 1 aliphatic carbocycles. The fourth-order valence-corrected chi connectivity index (χ4v) is 10.3. The number of benzene rings is 10.